The van der Waals surface area contributed by atoms with Crippen LogP contribution in [0.15, 0.2) is 18.2 Å². The van der Waals surface area contributed by atoms with Crippen LogP contribution in [0.1, 0.15) is 83.5 Å². The van der Waals surface area contributed by atoms with Crippen LogP contribution in [-0.4, -0.2) is 66.1 Å². The van der Waals surface area contributed by atoms with E-state index in [1.807, 2.05) is 6.92 Å². The molecule has 6 nitrogen and oxygen atoms in total. The van der Waals surface area contributed by atoms with Crippen LogP contribution in [0.2, 0.25) is 0 Å². The van der Waals surface area contributed by atoms with Gasteiger partial charge in [-0.3, -0.25) is 9.59 Å². The second-order valence-corrected chi connectivity index (χ2v) is 9.27. The minimum Gasteiger partial charge on any atom is -0.399 e. The van der Waals surface area contributed by atoms with E-state index in [1.165, 1.54) is 11.0 Å². The maximum Gasteiger partial charge on any atom is 0.494 e. The number of hydrogen-bond donors (Lipinski definition) is 0. The minimum atomic E-state index is -0.669. The zero-order chi connectivity index (χ0) is 24.4. The molecule has 182 valence electrons. The molecule has 0 aromatic heterocycles. The van der Waals surface area contributed by atoms with E-state index in [-0.39, 0.29) is 11.5 Å². The molecular formula is C25H38BFN2O4. The average Bonchev–Trinajstić information content (AvgIpc) is 3.17. The Balaban J connectivity index is 1.94. The Morgan fingerprint density at radius 3 is 2.15 bits per heavy atom. The molecule has 2 fully saturated rings. The van der Waals surface area contributed by atoms with E-state index in [2.05, 4.69) is 27.7 Å². The topological polar surface area (TPSA) is 59.1 Å². The fourth-order valence-electron chi connectivity index (χ4n) is 5.62. The summed E-state index contributed by atoms with van der Waals surface area (Å²) in [5.41, 5.74) is -0.282. The fourth-order valence-corrected chi connectivity index (χ4v) is 5.62. The number of amides is 2. The van der Waals surface area contributed by atoms with Crippen molar-refractivity contribution in [3.05, 3.63) is 29.6 Å². The van der Waals surface area contributed by atoms with Gasteiger partial charge in [0, 0.05) is 20.1 Å². The molecule has 3 rings (SSSR count). The number of benzene rings is 1. The van der Waals surface area contributed by atoms with Crippen molar-refractivity contribution in [2.45, 2.75) is 90.4 Å². The van der Waals surface area contributed by atoms with Crippen molar-refractivity contribution < 1.29 is 23.3 Å². The van der Waals surface area contributed by atoms with Gasteiger partial charge in [-0.05, 0) is 49.7 Å². The molecule has 2 amide bonds. The Morgan fingerprint density at radius 1 is 1.06 bits per heavy atom. The highest BCUT2D eigenvalue weighted by Crippen LogP contribution is 2.46. The number of piperazine rings is 1. The van der Waals surface area contributed by atoms with Gasteiger partial charge < -0.3 is 19.1 Å². The van der Waals surface area contributed by atoms with Gasteiger partial charge in [0.15, 0.2) is 0 Å². The standard InChI is InChI=1S/C25H38BFN2O4/c1-7-12-21-23(31)28(6)15-16-29(21)22(30)19-17-18(13-14-20(19)27)26-32-24(8-2,9-3)25(10-4,11-5)33-26/h13-14,17,21H,7-12,15-16H2,1-6H3. The Morgan fingerprint density at radius 2 is 1.64 bits per heavy atom. The van der Waals surface area contributed by atoms with Gasteiger partial charge in [-0.2, -0.15) is 0 Å². The molecule has 33 heavy (non-hydrogen) atoms. The number of carbonyl (C=O) groups excluding carboxylic acids is 2. The van der Waals surface area contributed by atoms with Crippen LogP contribution in [0.4, 0.5) is 4.39 Å². The molecule has 8 heteroatoms. The first-order valence-electron chi connectivity index (χ1n) is 12.4. The highest BCUT2D eigenvalue weighted by Gasteiger charge is 2.58. The van der Waals surface area contributed by atoms with Crippen molar-refractivity contribution in [2.24, 2.45) is 0 Å². The first kappa shape index (κ1) is 25.7. The normalized spacial score (nSPS) is 22.2. The molecule has 2 aliphatic rings. The number of hydrogen-bond acceptors (Lipinski definition) is 4. The van der Waals surface area contributed by atoms with E-state index in [9.17, 15) is 14.0 Å². The number of likely N-dealkylation sites (N-methyl/N-ethyl adjacent to an activating group) is 1. The number of halogens is 1. The largest absolute Gasteiger partial charge is 0.494 e. The second-order valence-electron chi connectivity index (χ2n) is 9.27. The van der Waals surface area contributed by atoms with Gasteiger partial charge in [0.25, 0.3) is 5.91 Å². The monoisotopic (exact) mass is 460 g/mol. The third kappa shape index (κ3) is 4.32. The smallest absolute Gasteiger partial charge is 0.399 e. The second kappa shape index (κ2) is 10.1. The van der Waals surface area contributed by atoms with Crippen molar-refractivity contribution in [1.82, 2.24) is 9.80 Å². The van der Waals surface area contributed by atoms with Gasteiger partial charge in [-0.15, -0.1) is 0 Å². The van der Waals surface area contributed by atoms with Crippen molar-refractivity contribution in [2.75, 3.05) is 20.1 Å². The van der Waals surface area contributed by atoms with Gasteiger partial charge in [-0.25, -0.2) is 4.39 Å². The SMILES string of the molecule is CCCC1C(=O)N(C)CCN1C(=O)c1cc(B2OC(CC)(CC)C(CC)(CC)O2)ccc1F. The predicted molar refractivity (Wildman–Crippen MR) is 128 cm³/mol. The lowest BCUT2D eigenvalue weighted by molar-refractivity contribution is -0.138. The molecule has 1 aromatic carbocycles. The Hall–Kier alpha value is -1.93. The molecule has 1 atom stereocenters. The molecule has 0 aliphatic carbocycles. The number of rotatable bonds is 8. The maximum absolute atomic E-state index is 14.9. The minimum absolute atomic E-state index is 0.0396. The van der Waals surface area contributed by atoms with E-state index in [4.69, 9.17) is 9.31 Å². The highest BCUT2D eigenvalue weighted by molar-refractivity contribution is 6.62. The molecule has 2 saturated heterocycles. The summed E-state index contributed by atoms with van der Waals surface area (Å²) in [5, 5.41) is 0. The van der Waals surface area contributed by atoms with E-state index in [0.29, 0.717) is 25.0 Å². The fraction of sp³-hybridized carbons (Fsp3) is 0.680. The van der Waals surface area contributed by atoms with E-state index < -0.39 is 36.1 Å². The summed E-state index contributed by atoms with van der Waals surface area (Å²) < 4.78 is 27.9. The molecule has 0 spiro atoms. The predicted octanol–water partition coefficient (Wildman–Crippen LogP) is 3.77. The van der Waals surface area contributed by atoms with Crippen LogP contribution < -0.4 is 5.46 Å². The number of carbonyl (C=O) groups is 2. The lowest BCUT2D eigenvalue weighted by Gasteiger charge is -2.42. The zero-order valence-electron chi connectivity index (χ0n) is 20.9. The van der Waals surface area contributed by atoms with E-state index in [1.54, 1.807) is 24.1 Å². The van der Waals surface area contributed by atoms with Crippen LogP contribution >= 0.6 is 0 Å². The summed E-state index contributed by atoms with van der Waals surface area (Å²) in [6.45, 7) is 11.2. The van der Waals surface area contributed by atoms with Crippen LogP contribution in [0.3, 0.4) is 0 Å². The summed E-state index contributed by atoms with van der Waals surface area (Å²) >= 11 is 0. The third-order valence-corrected chi connectivity index (χ3v) is 7.81. The summed E-state index contributed by atoms with van der Waals surface area (Å²) in [6.07, 6.45) is 4.52. The Labute approximate surface area is 197 Å². The van der Waals surface area contributed by atoms with Gasteiger partial charge in [0.2, 0.25) is 5.91 Å². The molecule has 0 bridgehead atoms. The summed E-state index contributed by atoms with van der Waals surface area (Å²) in [7, 11) is 1.07. The van der Waals surface area contributed by atoms with Gasteiger partial charge >= 0.3 is 7.12 Å². The van der Waals surface area contributed by atoms with E-state index in [0.717, 1.165) is 32.1 Å². The lowest BCUT2D eigenvalue weighted by atomic mass is 9.75. The van der Waals surface area contributed by atoms with Gasteiger partial charge in [0.05, 0.1) is 16.8 Å². The molecule has 1 unspecified atom stereocenters. The quantitative estimate of drug-likeness (QED) is 0.555. The Bertz CT molecular complexity index is 852. The molecule has 0 N–H and O–H groups in total. The van der Waals surface area contributed by atoms with E-state index >= 15 is 0 Å². The van der Waals surface area contributed by atoms with Gasteiger partial charge in [0.1, 0.15) is 11.9 Å². The average molecular weight is 460 g/mol. The highest BCUT2D eigenvalue weighted by atomic mass is 19.1. The molecule has 0 saturated carbocycles. The van der Waals surface area contributed by atoms with Crippen LogP contribution in [0, 0.1) is 5.82 Å². The summed E-state index contributed by atoms with van der Waals surface area (Å²) in [6, 6.07) is 3.92. The van der Waals surface area contributed by atoms with Crippen LogP contribution in [-0.2, 0) is 14.1 Å². The van der Waals surface area contributed by atoms with Crippen LogP contribution in [0.5, 0.6) is 0 Å². The molecule has 2 heterocycles. The lowest BCUT2D eigenvalue weighted by Crippen LogP contribution is -2.57. The first-order chi connectivity index (χ1) is 15.7. The van der Waals surface area contributed by atoms with Gasteiger partial charge in [-0.1, -0.05) is 47.1 Å². The summed E-state index contributed by atoms with van der Waals surface area (Å²) in [4.78, 5) is 29.3. The molecular weight excluding hydrogens is 422 g/mol. The van der Waals surface area contributed by atoms with Crippen molar-refractivity contribution in [3.8, 4) is 0 Å². The molecule has 2 aliphatic heterocycles. The first-order valence-corrected chi connectivity index (χ1v) is 12.4. The zero-order valence-corrected chi connectivity index (χ0v) is 20.9. The van der Waals surface area contributed by atoms with Crippen LogP contribution in [0.25, 0.3) is 0 Å². The third-order valence-electron chi connectivity index (χ3n) is 7.81. The maximum atomic E-state index is 14.9. The number of nitrogens with zero attached hydrogens (tertiary/aromatic N) is 2. The molecule has 0 radical (unpaired) electrons. The van der Waals surface area contributed by atoms with Crippen molar-refractivity contribution in [1.29, 1.82) is 0 Å². The summed E-state index contributed by atoms with van der Waals surface area (Å²) in [5.74, 6) is -1.15. The Kier molecular flexibility index (Phi) is 7.89. The van der Waals surface area contributed by atoms with Crippen molar-refractivity contribution >= 4 is 24.4 Å². The molecule has 1 aromatic rings. The van der Waals surface area contributed by atoms with Crippen molar-refractivity contribution in [3.63, 3.8) is 0 Å².